The van der Waals surface area contributed by atoms with Gasteiger partial charge >= 0.3 is 0 Å². The highest BCUT2D eigenvalue weighted by Crippen LogP contribution is 2.38. The monoisotopic (exact) mass is 210 g/mol. The van der Waals surface area contributed by atoms with E-state index in [4.69, 9.17) is 9.47 Å². The molecule has 0 aromatic rings. The van der Waals surface area contributed by atoms with E-state index in [1.165, 1.54) is 25.7 Å². The molecule has 0 radical (unpaired) electrons. The van der Waals surface area contributed by atoms with E-state index in [9.17, 15) is 0 Å². The largest absolute Gasteiger partial charge is 0.348 e. The van der Waals surface area contributed by atoms with Crippen molar-refractivity contribution in [1.29, 1.82) is 0 Å². The molecule has 1 aliphatic carbocycles. The lowest BCUT2D eigenvalue weighted by atomic mass is 9.86. The lowest BCUT2D eigenvalue weighted by Gasteiger charge is -2.26. The Morgan fingerprint density at radius 2 is 2.00 bits per heavy atom. The van der Waals surface area contributed by atoms with Crippen molar-refractivity contribution in [3.8, 4) is 0 Å². The molecule has 86 valence electrons. The predicted molar refractivity (Wildman–Crippen MR) is 60.5 cm³/mol. The minimum absolute atomic E-state index is 0.223. The van der Waals surface area contributed by atoms with Crippen molar-refractivity contribution < 1.29 is 9.47 Å². The molecule has 0 amide bonds. The van der Waals surface area contributed by atoms with Crippen molar-refractivity contribution in [2.75, 3.05) is 6.61 Å². The molecular formula is C13H22O2. The highest BCUT2D eigenvalue weighted by atomic mass is 16.7. The third-order valence-corrected chi connectivity index (χ3v) is 3.68. The summed E-state index contributed by atoms with van der Waals surface area (Å²) in [7, 11) is 0. The number of hydrogen-bond donors (Lipinski definition) is 0. The van der Waals surface area contributed by atoms with E-state index in [0.29, 0.717) is 5.92 Å². The van der Waals surface area contributed by atoms with Crippen LogP contribution in [0.15, 0.2) is 12.7 Å². The first-order chi connectivity index (χ1) is 7.12. The Kier molecular flexibility index (Phi) is 3.17. The summed E-state index contributed by atoms with van der Waals surface area (Å²) in [5.41, 5.74) is 0. The van der Waals surface area contributed by atoms with Gasteiger partial charge in [0.2, 0.25) is 0 Å². The quantitative estimate of drug-likeness (QED) is 0.666. The lowest BCUT2D eigenvalue weighted by Crippen LogP contribution is -2.29. The number of ether oxygens (including phenoxy) is 2. The third-order valence-electron chi connectivity index (χ3n) is 3.68. The van der Waals surface area contributed by atoms with E-state index < -0.39 is 5.79 Å². The van der Waals surface area contributed by atoms with Crippen LogP contribution >= 0.6 is 0 Å². The van der Waals surface area contributed by atoms with Gasteiger partial charge in [-0.25, -0.2) is 0 Å². The van der Waals surface area contributed by atoms with Gasteiger partial charge in [-0.15, -0.1) is 6.58 Å². The first-order valence-electron chi connectivity index (χ1n) is 6.07. The average Bonchev–Trinajstić information content (AvgIpc) is 2.77. The van der Waals surface area contributed by atoms with Crippen molar-refractivity contribution >= 4 is 0 Å². The van der Waals surface area contributed by atoms with E-state index in [2.05, 4.69) is 12.7 Å². The Balaban J connectivity index is 1.98. The van der Waals surface area contributed by atoms with Crippen LogP contribution in [0.2, 0.25) is 0 Å². The van der Waals surface area contributed by atoms with Gasteiger partial charge in [0.15, 0.2) is 5.79 Å². The standard InChI is InChI=1S/C13H22O2/c1-4-11(10-7-5-6-8-10)12-9-14-13(2,3)15-12/h4,10-12H,1,5-9H2,2-3H3/t11-,12-/m1/s1. The lowest BCUT2D eigenvalue weighted by molar-refractivity contribution is -0.144. The summed E-state index contributed by atoms with van der Waals surface area (Å²) < 4.78 is 11.5. The van der Waals surface area contributed by atoms with Gasteiger partial charge in [-0.2, -0.15) is 0 Å². The van der Waals surface area contributed by atoms with E-state index in [1.54, 1.807) is 0 Å². The van der Waals surface area contributed by atoms with Crippen molar-refractivity contribution in [1.82, 2.24) is 0 Å². The maximum Gasteiger partial charge on any atom is 0.163 e. The van der Waals surface area contributed by atoms with Gasteiger partial charge in [-0.1, -0.05) is 18.9 Å². The number of rotatable bonds is 3. The third kappa shape index (κ3) is 2.43. The van der Waals surface area contributed by atoms with Gasteiger partial charge in [0.25, 0.3) is 0 Å². The molecule has 2 atom stereocenters. The second-order valence-electron chi connectivity index (χ2n) is 5.22. The molecule has 2 heteroatoms. The number of hydrogen-bond acceptors (Lipinski definition) is 2. The fraction of sp³-hybridized carbons (Fsp3) is 0.846. The van der Waals surface area contributed by atoms with E-state index in [0.717, 1.165) is 12.5 Å². The fourth-order valence-electron chi connectivity index (χ4n) is 2.90. The van der Waals surface area contributed by atoms with Crippen LogP contribution in [0, 0.1) is 11.8 Å². The second-order valence-corrected chi connectivity index (χ2v) is 5.22. The van der Waals surface area contributed by atoms with Gasteiger partial charge < -0.3 is 9.47 Å². The molecule has 0 bridgehead atoms. The van der Waals surface area contributed by atoms with Crippen LogP contribution in [0.25, 0.3) is 0 Å². The minimum atomic E-state index is -0.398. The van der Waals surface area contributed by atoms with Gasteiger partial charge in [0.05, 0.1) is 12.7 Å². The summed E-state index contributed by atoms with van der Waals surface area (Å²) in [6.07, 6.45) is 7.69. The van der Waals surface area contributed by atoms with Crippen LogP contribution in [-0.2, 0) is 9.47 Å². The molecule has 0 aromatic carbocycles. The van der Waals surface area contributed by atoms with Crippen LogP contribution in [0.1, 0.15) is 39.5 Å². The molecule has 2 nitrogen and oxygen atoms in total. The summed E-state index contributed by atoms with van der Waals surface area (Å²) in [5.74, 6) is 0.851. The Morgan fingerprint density at radius 3 is 2.47 bits per heavy atom. The first-order valence-corrected chi connectivity index (χ1v) is 6.07. The average molecular weight is 210 g/mol. The molecule has 1 aliphatic heterocycles. The Labute approximate surface area is 92.6 Å². The summed E-state index contributed by atoms with van der Waals surface area (Å²) in [6, 6.07) is 0. The van der Waals surface area contributed by atoms with Gasteiger partial charge in [-0.05, 0) is 32.6 Å². The Hall–Kier alpha value is -0.340. The second kappa shape index (κ2) is 4.26. The molecule has 0 N–H and O–H groups in total. The molecule has 0 unspecified atom stereocenters. The molecule has 1 saturated carbocycles. The Morgan fingerprint density at radius 1 is 1.33 bits per heavy atom. The summed E-state index contributed by atoms with van der Waals surface area (Å²) in [4.78, 5) is 0. The first kappa shape index (κ1) is 11.2. The maximum atomic E-state index is 5.92. The molecule has 15 heavy (non-hydrogen) atoms. The molecule has 2 rings (SSSR count). The maximum absolute atomic E-state index is 5.92. The smallest absolute Gasteiger partial charge is 0.163 e. The SMILES string of the molecule is C=C[C@H](C1CCCC1)[C@H]1COC(C)(C)O1. The van der Waals surface area contributed by atoms with Crippen LogP contribution < -0.4 is 0 Å². The van der Waals surface area contributed by atoms with E-state index >= 15 is 0 Å². The van der Waals surface area contributed by atoms with Gasteiger partial charge in [-0.3, -0.25) is 0 Å². The molecular weight excluding hydrogens is 188 g/mol. The molecule has 0 spiro atoms. The van der Waals surface area contributed by atoms with Crippen molar-refractivity contribution in [2.45, 2.75) is 51.4 Å². The fourth-order valence-corrected chi connectivity index (χ4v) is 2.90. The zero-order valence-electron chi connectivity index (χ0n) is 9.87. The van der Waals surface area contributed by atoms with Crippen LogP contribution in [0.4, 0.5) is 0 Å². The highest BCUT2D eigenvalue weighted by Gasteiger charge is 2.39. The van der Waals surface area contributed by atoms with Crippen LogP contribution in [0.5, 0.6) is 0 Å². The molecule has 2 aliphatic rings. The molecule has 0 aromatic heterocycles. The summed E-state index contributed by atoms with van der Waals surface area (Å²) >= 11 is 0. The summed E-state index contributed by atoms with van der Waals surface area (Å²) in [5, 5.41) is 0. The summed E-state index contributed by atoms with van der Waals surface area (Å²) in [6.45, 7) is 8.66. The van der Waals surface area contributed by atoms with Crippen LogP contribution in [0.3, 0.4) is 0 Å². The zero-order chi connectivity index (χ0) is 10.9. The van der Waals surface area contributed by atoms with E-state index in [1.807, 2.05) is 13.8 Å². The topological polar surface area (TPSA) is 18.5 Å². The van der Waals surface area contributed by atoms with Crippen molar-refractivity contribution in [3.05, 3.63) is 12.7 Å². The van der Waals surface area contributed by atoms with Gasteiger partial charge in [0, 0.05) is 5.92 Å². The van der Waals surface area contributed by atoms with Crippen LogP contribution in [-0.4, -0.2) is 18.5 Å². The predicted octanol–water partition coefficient (Wildman–Crippen LogP) is 3.13. The molecule has 1 saturated heterocycles. The zero-order valence-corrected chi connectivity index (χ0v) is 9.87. The van der Waals surface area contributed by atoms with Gasteiger partial charge in [0.1, 0.15) is 0 Å². The van der Waals surface area contributed by atoms with Crippen molar-refractivity contribution in [3.63, 3.8) is 0 Å². The van der Waals surface area contributed by atoms with E-state index in [-0.39, 0.29) is 6.10 Å². The highest BCUT2D eigenvalue weighted by molar-refractivity contribution is 4.94. The molecule has 1 heterocycles. The Bertz CT molecular complexity index is 229. The minimum Gasteiger partial charge on any atom is -0.348 e. The van der Waals surface area contributed by atoms with Crippen molar-refractivity contribution in [2.24, 2.45) is 11.8 Å². The normalized spacial score (nSPS) is 33.1. The molecule has 2 fully saturated rings.